The number of aromatic amines is 2. The quantitative estimate of drug-likeness (QED) is 0.711. The first-order valence-corrected chi connectivity index (χ1v) is 4.93. The zero-order valence-electron chi connectivity index (χ0n) is 9.38. The Balaban J connectivity index is 2.20. The Morgan fingerprint density at radius 3 is 2.50 bits per heavy atom. The van der Waals surface area contributed by atoms with Crippen LogP contribution in [0.2, 0.25) is 0 Å². The molecular formula is C10H13N5O. The molecule has 0 aliphatic carbocycles. The molecule has 2 rings (SSSR count). The van der Waals surface area contributed by atoms with Crippen LogP contribution in [0.4, 0.5) is 5.69 Å². The Hall–Kier alpha value is -2.11. The van der Waals surface area contributed by atoms with E-state index in [-0.39, 0.29) is 5.91 Å². The molecule has 6 nitrogen and oxygen atoms in total. The number of nitrogens with one attached hydrogen (secondary N) is 3. The summed E-state index contributed by atoms with van der Waals surface area (Å²) in [7, 11) is 0. The van der Waals surface area contributed by atoms with Gasteiger partial charge in [0.15, 0.2) is 5.69 Å². The highest BCUT2D eigenvalue weighted by molar-refractivity contribution is 6.03. The van der Waals surface area contributed by atoms with Crippen molar-refractivity contribution in [1.82, 2.24) is 20.4 Å². The summed E-state index contributed by atoms with van der Waals surface area (Å²) in [4.78, 5) is 11.8. The zero-order chi connectivity index (χ0) is 11.7. The summed E-state index contributed by atoms with van der Waals surface area (Å²) in [6.07, 6.45) is 0. The maximum Gasteiger partial charge on any atom is 0.276 e. The van der Waals surface area contributed by atoms with Crippen molar-refractivity contribution >= 4 is 11.6 Å². The molecule has 3 N–H and O–H groups in total. The fraction of sp³-hybridized carbons (Fsp3) is 0.300. The molecule has 0 spiro atoms. The first-order chi connectivity index (χ1) is 7.58. The molecule has 6 heteroatoms. The van der Waals surface area contributed by atoms with E-state index >= 15 is 0 Å². The van der Waals surface area contributed by atoms with Crippen molar-refractivity contribution < 1.29 is 4.79 Å². The maximum atomic E-state index is 11.8. The maximum absolute atomic E-state index is 11.8. The average Bonchev–Trinajstić information content (AvgIpc) is 2.79. The second-order valence-electron chi connectivity index (χ2n) is 3.70. The molecule has 2 aromatic rings. The van der Waals surface area contributed by atoms with E-state index in [1.54, 1.807) is 6.07 Å². The van der Waals surface area contributed by atoms with Crippen LogP contribution in [0.15, 0.2) is 6.07 Å². The Bertz CT molecular complexity index is 506. The first-order valence-electron chi connectivity index (χ1n) is 4.93. The van der Waals surface area contributed by atoms with Crippen LogP contribution >= 0.6 is 0 Å². The highest BCUT2D eigenvalue weighted by atomic mass is 16.1. The van der Waals surface area contributed by atoms with Gasteiger partial charge in [-0.1, -0.05) is 0 Å². The third-order valence-corrected chi connectivity index (χ3v) is 2.31. The van der Waals surface area contributed by atoms with Crippen LogP contribution in [0.5, 0.6) is 0 Å². The minimum Gasteiger partial charge on any atom is -0.317 e. The smallest absolute Gasteiger partial charge is 0.276 e. The lowest BCUT2D eigenvalue weighted by Crippen LogP contribution is -2.13. The number of aryl methyl sites for hydroxylation is 3. The van der Waals surface area contributed by atoms with Gasteiger partial charge in [-0.2, -0.15) is 10.2 Å². The van der Waals surface area contributed by atoms with Crippen LogP contribution in [-0.2, 0) is 0 Å². The van der Waals surface area contributed by atoms with Gasteiger partial charge in [-0.3, -0.25) is 15.0 Å². The van der Waals surface area contributed by atoms with Crippen LogP contribution in [0.25, 0.3) is 0 Å². The summed E-state index contributed by atoms with van der Waals surface area (Å²) in [6, 6.07) is 1.69. The standard InChI is InChI=1S/C10H13N5O/c1-5-4-8(15-12-5)10(16)11-9-6(2)13-14-7(9)3/h4H,1-3H3,(H,11,16)(H,12,15)(H,13,14). The van der Waals surface area contributed by atoms with E-state index in [1.807, 2.05) is 20.8 Å². The number of H-pyrrole nitrogens is 2. The van der Waals surface area contributed by atoms with Crippen LogP contribution in [0.1, 0.15) is 27.6 Å². The summed E-state index contributed by atoms with van der Waals surface area (Å²) < 4.78 is 0. The van der Waals surface area contributed by atoms with Crippen LogP contribution in [-0.4, -0.2) is 26.3 Å². The molecule has 0 bridgehead atoms. The van der Waals surface area contributed by atoms with Crippen LogP contribution in [0, 0.1) is 20.8 Å². The summed E-state index contributed by atoms with van der Waals surface area (Å²) in [5.41, 5.74) is 3.53. The number of amides is 1. The van der Waals surface area contributed by atoms with E-state index in [4.69, 9.17) is 0 Å². The fourth-order valence-electron chi connectivity index (χ4n) is 1.45. The van der Waals surface area contributed by atoms with E-state index in [0.717, 1.165) is 17.1 Å². The summed E-state index contributed by atoms with van der Waals surface area (Å²) >= 11 is 0. The molecule has 0 radical (unpaired) electrons. The van der Waals surface area contributed by atoms with Gasteiger partial charge in [0.1, 0.15) is 0 Å². The van der Waals surface area contributed by atoms with E-state index in [1.165, 1.54) is 0 Å². The molecule has 0 saturated carbocycles. The molecule has 16 heavy (non-hydrogen) atoms. The minimum atomic E-state index is -0.239. The van der Waals surface area contributed by atoms with Gasteiger partial charge in [-0.05, 0) is 26.8 Å². The molecule has 0 unspecified atom stereocenters. The molecule has 0 aliphatic heterocycles. The van der Waals surface area contributed by atoms with Gasteiger partial charge in [0.25, 0.3) is 5.91 Å². The topological polar surface area (TPSA) is 86.5 Å². The second-order valence-corrected chi connectivity index (χ2v) is 3.70. The Morgan fingerprint density at radius 1 is 1.25 bits per heavy atom. The SMILES string of the molecule is Cc1cc(C(=O)Nc2c(C)n[nH]c2C)n[nH]1. The van der Waals surface area contributed by atoms with E-state index in [2.05, 4.69) is 25.7 Å². The van der Waals surface area contributed by atoms with Crippen molar-refractivity contribution in [2.45, 2.75) is 20.8 Å². The lowest BCUT2D eigenvalue weighted by Gasteiger charge is -2.01. The number of hydrogen-bond acceptors (Lipinski definition) is 3. The summed E-state index contributed by atoms with van der Waals surface area (Å²) in [6.45, 7) is 5.53. The molecule has 1 amide bonds. The zero-order valence-corrected chi connectivity index (χ0v) is 9.38. The molecule has 0 saturated heterocycles. The number of carbonyl (C=O) groups is 1. The molecule has 84 valence electrons. The van der Waals surface area contributed by atoms with Crippen molar-refractivity contribution in [3.63, 3.8) is 0 Å². The largest absolute Gasteiger partial charge is 0.317 e. The van der Waals surface area contributed by atoms with Crippen molar-refractivity contribution in [3.8, 4) is 0 Å². The lowest BCUT2D eigenvalue weighted by atomic mass is 10.3. The van der Waals surface area contributed by atoms with Crippen molar-refractivity contribution in [3.05, 3.63) is 28.8 Å². The lowest BCUT2D eigenvalue weighted by molar-refractivity contribution is 0.102. The average molecular weight is 219 g/mol. The molecule has 0 atom stereocenters. The molecular weight excluding hydrogens is 206 g/mol. The molecule has 2 heterocycles. The van der Waals surface area contributed by atoms with Crippen molar-refractivity contribution in [1.29, 1.82) is 0 Å². The normalized spacial score (nSPS) is 10.4. The number of hydrogen-bond donors (Lipinski definition) is 3. The minimum absolute atomic E-state index is 0.239. The van der Waals surface area contributed by atoms with Crippen LogP contribution in [0.3, 0.4) is 0 Å². The summed E-state index contributed by atoms with van der Waals surface area (Å²) in [5, 5.41) is 16.2. The Morgan fingerprint density at radius 2 is 2.00 bits per heavy atom. The summed E-state index contributed by atoms with van der Waals surface area (Å²) in [5.74, 6) is -0.239. The Kier molecular flexibility index (Phi) is 2.47. The second kappa shape index (κ2) is 3.80. The van der Waals surface area contributed by atoms with Crippen LogP contribution < -0.4 is 5.32 Å². The Labute approximate surface area is 92.5 Å². The number of nitrogens with zero attached hydrogens (tertiary/aromatic N) is 2. The highest BCUT2D eigenvalue weighted by Crippen LogP contribution is 2.16. The molecule has 0 fully saturated rings. The highest BCUT2D eigenvalue weighted by Gasteiger charge is 2.13. The van der Waals surface area contributed by atoms with E-state index in [0.29, 0.717) is 11.4 Å². The number of aromatic nitrogens is 4. The monoisotopic (exact) mass is 219 g/mol. The van der Waals surface area contributed by atoms with Crippen molar-refractivity contribution in [2.75, 3.05) is 5.32 Å². The third-order valence-electron chi connectivity index (χ3n) is 2.31. The number of carbonyl (C=O) groups excluding carboxylic acids is 1. The van der Waals surface area contributed by atoms with Gasteiger partial charge in [-0.15, -0.1) is 0 Å². The number of rotatable bonds is 2. The van der Waals surface area contributed by atoms with Gasteiger partial charge in [0.2, 0.25) is 0 Å². The first kappa shape index (κ1) is 10.4. The molecule has 0 aliphatic rings. The van der Waals surface area contributed by atoms with Gasteiger partial charge < -0.3 is 5.32 Å². The van der Waals surface area contributed by atoms with Gasteiger partial charge in [-0.25, -0.2) is 0 Å². The fourth-order valence-corrected chi connectivity index (χ4v) is 1.45. The third kappa shape index (κ3) is 1.81. The van der Waals surface area contributed by atoms with Crippen molar-refractivity contribution in [2.24, 2.45) is 0 Å². The molecule has 0 aromatic carbocycles. The van der Waals surface area contributed by atoms with Gasteiger partial charge >= 0.3 is 0 Å². The van der Waals surface area contributed by atoms with Gasteiger partial charge in [0.05, 0.1) is 17.1 Å². The number of anilines is 1. The van der Waals surface area contributed by atoms with E-state index < -0.39 is 0 Å². The molecule has 2 aromatic heterocycles. The predicted octanol–water partition coefficient (Wildman–Crippen LogP) is 1.31. The van der Waals surface area contributed by atoms with Gasteiger partial charge in [0, 0.05) is 5.69 Å². The predicted molar refractivity (Wildman–Crippen MR) is 59.3 cm³/mol. The van der Waals surface area contributed by atoms with E-state index in [9.17, 15) is 4.79 Å².